The van der Waals surface area contributed by atoms with Gasteiger partial charge in [0.15, 0.2) is 0 Å². The molecule has 14 rings (SSSR count). The lowest BCUT2D eigenvalue weighted by Crippen LogP contribution is -2.40. The third-order valence-corrected chi connectivity index (χ3v) is 17.7. The first-order valence-corrected chi connectivity index (χ1v) is 26.8. The molecule has 1 saturated carbocycles. The summed E-state index contributed by atoms with van der Waals surface area (Å²) in [4.78, 5) is 5.24. The summed E-state index contributed by atoms with van der Waals surface area (Å²) in [6, 6.07) is 87.3. The number of hydrogen-bond acceptors (Lipinski definition) is 2. The molecule has 0 amide bonds. The maximum Gasteiger partial charge on any atom is 0.0505 e. The summed E-state index contributed by atoms with van der Waals surface area (Å²) in [5, 5.41) is 2.51. The van der Waals surface area contributed by atoms with Gasteiger partial charge in [-0.15, -0.1) is 0 Å². The Hall–Kier alpha value is -7.94. The zero-order valence-electron chi connectivity index (χ0n) is 41.9. The molecule has 0 radical (unpaired) electrons. The molecule has 1 spiro atoms. The Morgan fingerprint density at radius 3 is 1.41 bits per heavy atom. The third kappa shape index (κ3) is 6.90. The van der Waals surface area contributed by atoms with Crippen molar-refractivity contribution in [3.05, 3.63) is 264 Å². The maximum atomic E-state index is 2.63. The van der Waals surface area contributed by atoms with Crippen LogP contribution in [0.15, 0.2) is 231 Å². The van der Waals surface area contributed by atoms with Crippen molar-refractivity contribution in [2.75, 3.05) is 9.80 Å². The second-order valence-corrected chi connectivity index (χ2v) is 21.8. The molecule has 2 heteroatoms. The molecule has 3 atom stereocenters. The van der Waals surface area contributed by atoms with Gasteiger partial charge in [0.05, 0.1) is 11.4 Å². The highest BCUT2D eigenvalue weighted by Gasteiger charge is 2.59. The smallest absolute Gasteiger partial charge is 0.0505 e. The van der Waals surface area contributed by atoms with Gasteiger partial charge in [0, 0.05) is 33.6 Å². The van der Waals surface area contributed by atoms with Gasteiger partial charge < -0.3 is 9.80 Å². The maximum absolute atomic E-state index is 2.63. The van der Waals surface area contributed by atoms with Crippen molar-refractivity contribution in [3.8, 4) is 33.4 Å². The van der Waals surface area contributed by atoms with Crippen LogP contribution in [0, 0.1) is 11.8 Å². The average Bonchev–Trinajstić information content (AvgIpc) is 4.02. The SMILES string of the molecule is CC1(C)c2ccccc2-c2ccc(N(c3ccccc3)c3cccc4c3C35c6c(cccc6N(c6ccccc6)c6ccc(-c7cc8ccccc8cc7-c7ccccc7)cc6)CC3CCCCCC5C4)cc21. The Morgan fingerprint density at radius 2 is 0.822 bits per heavy atom. The predicted octanol–water partition coefficient (Wildman–Crippen LogP) is 19.0. The summed E-state index contributed by atoms with van der Waals surface area (Å²) < 4.78 is 0. The lowest BCUT2D eigenvalue weighted by Gasteiger charge is -2.45. The summed E-state index contributed by atoms with van der Waals surface area (Å²) in [6.07, 6.45) is 8.49. The van der Waals surface area contributed by atoms with E-state index in [4.69, 9.17) is 0 Å². The summed E-state index contributed by atoms with van der Waals surface area (Å²) in [5.74, 6) is 0.957. The molecular formula is C71H60N2. The fraction of sp³-hybridized carbons (Fsp3) is 0.183. The molecule has 73 heavy (non-hydrogen) atoms. The van der Waals surface area contributed by atoms with Crippen LogP contribution in [0.25, 0.3) is 44.2 Å². The van der Waals surface area contributed by atoms with Crippen LogP contribution in [0.4, 0.5) is 34.1 Å². The van der Waals surface area contributed by atoms with Gasteiger partial charge in [0.2, 0.25) is 0 Å². The Bertz CT molecular complexity index is 3700. The lowest BCUT2D eigenvalue weighted by molar-refractivity contribution is 0.205. The molecule has 1 fully saturated rings. The predicted molar refractivity (Wildman–Crippen MR) is 306 cm³/mol. The van der Waals surface area contributed by atoms with E-state index >= 15 is 0 Å². The fourth-order valence-corrected chi connectivity index (χ4v) is 14.6. The Morgan fingerprint density at radius 1 is 0.356 bits per heavy atom. The topological polar surface area (TPSA) is 6.48 Å². The molecule has 2 nitrogen and oxygen atoms in total. The molecule has 10 aromatic carbocycles. The minimum absolute atomic E-state index is 0.116. The van der Waals surface area contributed by atoms with Crippen LogP contribution in [0.2, 0.25) is 0 Å². The average molecular weight is 941 g/mol. The van der Waals surface area contributed by atoms with E-state index in [2.05, 4.69) is 254 Å². The van der Waals surface area contributed by atoms with Crippen LogP contribution in [0.3, 0.4) is 0 Å². The van der Waals surface area contributed by atoms with Crippen molar-refractivity contribution in [2.24, 2.45) is 11.8 Å². The van der Waals surface area contributed by atoms with Crippen molar-refractivity contribution in [2.45, 2.75) is 69.6 Å². The monoisotopic (exact) mass is 940 g/mol. The normalized spacial score (nSPS) is 18.9. The first-order valence-electron chi connectivity index (χ1n) is 26.8. The number of para-hydroxylation sites is 2. The van der Waals surface area contributed by atoms with Gasteiger partial charge in [-0.25, -0.2) is 0 Å². The van der Waals surface area contributed by atoms with Crippen molar-refractivity contribution in [3.63, 3.8) is 0 Å². The Kier molecular flexibility index (Phi) is 10.4. The van der Waals surface area contributed by atoms with E-state index in [1.54, 1.807) is 11.1 Å². The molecule has 0 heterocycles. The van der Waals surface area contributed by atoms with Crippen LogP contribution in [0.1, 0.15) is 79.3 Å². The van der Waals surface area contributed by atoms with E-state index in [0.717, 1.165) is 12.8 Å². The number of hydrogen-bond donors (Lipinski definition) is 0. The van der Waals surface area contributed by atoms with Gasteiger partial charge in [-0.3, -0.25) is 0 Å². The van der Waals surface area contributed by atoms with E-state index in [1.165, 1.54) is 133 Å². The van der Waals surface area contributed by atoms with E-state index < -0.39 is 0 Å². The number of fused-ring (bicyclic) bond motifs is 6. The largest absolute Gasteiger partial charge is 0.310 e. The van der Waals surface area contributed by atoms with Gasteiger partial charge in [0.25, 0.3) is 0 Å². The number of rotatable bonds is 8. The second-order valence-electron chi connectivity index (χ2n) is 21.8. The van der Waals surface area contributed by atoms with E-state index in [1.807, 2.05) is 0 Å². The van der Waals surface area contributed by atoms with Crippen LogP contribution in [0.5, 0.6) is 0 Å². The molecule has 0 aliphatic heterocycles. The number of nitrogens with zero attached hydrogens (tertiary/aromatic N) is 2. The first-order chi connectivity index (χ1) is 36.0. The Labute approximate surface area is 431 Å². The highest BCUT2D eigenvalue weighted by molar-refractivity contribution is 5.97. The van der Waals surface area contributed by atoms with E-state index in [0.29, 0.717) is 11.8 Å². The summed E-state index contributed by atoms with van der Waals surface area (Å²) in [6.45, 7) is 4.82. The highest BCUT2D eigenvalue weighted by Crippen LogP contribution is 2.66. The quantitative estimate of drug-likeness (QED) is 0.150. The molecule has 10 aromatic rings. The summed E-state index contributed by atoms with van der Waals surface area (Å²) in [5.41, 5.74) is 23.7. The molecule has 0 N–H and O–H groups in total. The van der Waals surface area contributed by atoms with Gasteiger partial charge in [-0.1, -0.05) is 191 Å². The van der Waals surface area contributed by atoms with Gasteiger partial charge in [-0.2, -0.15) is 0 Å². The fourth-order valence-electron chi connectivity index (χ4n) is 14.6. The molecule has 4 aliphatic carbocycles. The number of benzene rings is 10. The zero-order chi connectivity index (χ0) is 48.7. The molecule has 4 aliphatic rings. The van der Waals surface area contributed by atoms with Crippen LogP contribution < -0.4 is 9.80 Å². The third-order valence-electron chi connectivity index (χ3n) is 17.7. The van der Waals surface area contributed by atoms with Gasteiger partial charge >= 0.3 is 0 Å². The van der Waals surface area contributed by atoms with Crippen LogP contribution >= 0.6 is 0 Å². The molecular weight excluding hydrogens is 881 g/mol. The molecule has 0 saturated heterocycles. The Balaban J connectivity index is 0.968. The van der Waals surface area contributed by atoms with Gasteiger partial charge in [-0.05, 0) is 188 Å². The minimum atomic E-state index is -0.194. The lowest BCUT2D eigenvalue weighted by atomic mass is 9.60. The molecule has 3 unspecified atom stereocenters. The second kappa shape index (κ2) is 17.4. The molecule has 0 aromatic heterocycles. The highest BCUT2D eigenvalue weighted by atomic mass is 15.2. The minimum Gasteiger partial charge on any atom is -0.310 e. The number of anilines is 6. The van der Waals surface area contributed by atoms with Crippen LogP contribution in [-0.2, 0) is 23.7 Å². The molecule has 354 valence electrons. The summed E-state index contributed by atoms with van der Waals surface area (Å²) >= 11 is 0. The molecule has 0 bridgehead atoms. The van der Waals surface area contributed by atoms with Crippen molar-refractivity contribution in [1.29, 1.82) is 0 Å². The van der Waals surface area contributed by atoms with E-state index in [-0.39, 0.29) is 10.8 Å². The zero-order valence-corrected chi connectivity index (χ0v) is 41.9. The van der Waals surface area contributed by atoms with Crippen molar-refractivity contribution in [1.82, 2.24) is 0 Å². The van der Waals surface area contributed by atoms with Crippen molar-refractivity contribution >= 4 is 44.9 Å². The van der Waals surface area contributed by atoms with Crippen molar-refractivity contribution < 1.29 is 0 Å². The van der Waals surface area contributed by atoms with E-state index in [9.17, 15) is 0 Å². The first kappa shape index (κ1) is 43.8. The summed E-state index contributed by atoms with van der Waals surface area (Å²) in [7, 11) is 0. The van der Waals surface area contributed by atoms with Crippen LogP contribution in [-0.4, -0.2) is 0 Å². The van der Waals surface area contributed by atoms with Gasteiger partial charge in [0.1, 0.15) is 0 Å². The standard InChI is InChI=1S/C71H60N2/c1-70(2)64-34-18-17-33-60(64)61-42-41-59(47-65(61)70)73(57-31-13-6-14-32-57)67-36-20-26-53-44-55-28-10-4-9-27-54-43-52-25-19-35-66(68(52)71(54,55)69(53)67)72(56-29-11-5-12-30-56)58-39-37-49(38-40-58)63-46-51-24-16-15-23-50(51)45-62(63)48-21-7-3-8-22-48/h3,5-8,11-26,29-42,45-47,54-55H,4,9-10,27-28,43-44H2,1-2H3.